The number of fused-ring (bicyclic) bond motifs is 1. The molecule has 0 bridgehead atoms. The normalized spacial score (nSPS) is 13.1. The lowest BCUT2D eigenvalue weighted by molar-refractivity contribution is -0.121. The number of hydroxylamine groups is 1. The maximum absolute atomic E-state index is 12.4. The number of nitrogens with one attached hydrogen (secondary N) is 1. The summed E-state index contributed by atoms with van der Waals surface area (Å²) in [6, 6.07) is 14.1. The van der Waals surface area contributed by atoms with Crippen LogP contribution in [0.25, 0.3) is 5.69 Å². The Bertz CT molecular complexity index is 1000. The van der Waals surface area contributed by atoms with E-state index in [4.69, 9.17) is 9.94 Å². The Morgan fingerprint density at radius 3 is 2.81 bits per heavy atom. The van der Waals surface area contributed by atoms with Crippen molar-refractivity contribution in [3.05, 3.63) is 66.0 Å². The summed E-state index contributed by atoms with van der Waals surface area (Å²) < 4.78 is 7.04. The lowest BCUT2D eigenvalue weighted by atomic mass is 10.1. The van der Waals surface area contributed by atoms with Crippen molar-refractivity contribution in [1.82, 2.24) is 20.5 Å². The zero-order valence-corrected chi connectivity index (χ0v) is 14.1. The molecule has 2 aromatic carbocycles. The van der Waals surface area contributed by atoms with Gasteiger partial charge in [-0.25, -0.2) is 10.2 Å². The van der Waals surface area contributed by atoms with Gasteiger partial charge < -0.3 is 4.74 Å². The third-order valence-electron chi connectivity index (χ3n) is 4.15. The van der Waals surface area contributed by atoms with E-state index in [2.05, 4.69) is 10.3 Å². The summed E-state index contributed by atoms with van der Waals surface area (Å²) in [6.45, 7) is 0.0671. The fourth-order valence-corrected chi connectivity index (χ4v) is 2.82. The first-order valence-electron chi connectivity index (χ1n) is 8.14. The van der Waals surface area contributed by atoms with E-state index in [-0.39, 0.29) is 24.6 Å². The summed E-state index contributed by atoms with van der Waals surface area (Å²) in [5.41, 5.74) is 3.64. The Morgan fingerprint density at radius 2 is 2.04 bits per heavy atom. The van der Waals surface area contributed by atoms with Crippen LogP contribution in [0.4, 0.5) is 5.69 Å². The molecule has 3 aromatic rings. The maximum atomic E-state index is 12.4. The minimum Gasteiger partial charge on any atom is -0.482 e. The van der Waals surface area contributed by atoms with E-state index in [1.54, 1.807) is 22.4 Å². The fourth-order valence-electron chi connectivity index (χ4n) is 2.82. The Labute approximate surface area is 153 Å². The molecular weight excluding hydrogens is 350 g/mol. The Morgan fingerprint density at radius 1 is 1.22 bits per heavy atom. The van der Waals surface area contributed by atoms with E-state index in [1.807, 2.05) is 30.3 Å². The second-order valence-electron chi connectivity index (χ2n) is 5.88. The standard InChI is InChI=1S/C18H15N5O4/c24-17-11-27-16-7-6-12(18(25)20-26)8-15(16)22(17)9-13-10-23(21-19-13)14-4-2-1-3-5-14/h1-8,10,26H,9,11H2,(H,20,25). The number of nitrogens with zero attached hydrogens (tertiary/aromatic N) is 4. The molecule has 0 fully saturated rings. The molecule has 136 valence electrons. The average molecular weight is 365 g/mol. The van der Waals surface area contributed by atoms with Crippen molar-refractivity contribution >= 4 is 17.5 Å². The van der Waals surface area contributed by atoms with Crippen LogP contribution in [0.2, 0.25) is 0 Å². The van der Waals surface area contributed by atoms with Crippen LogP contribution in [0.1, 0.15) is 16.1 Å². The van der Waals surface area contributed by atoms with Crippen LogP contribution in [0.5, 0.6) is 5.75 Å². The van der Waals surface area contributed by atoms with Gasteiger partial charge in [0.05, 0.1) is 24.1 Å². The third kappa shape index (κ3) is 3.23. The first kappa shape index (κ1) is 16.7. The van der Waals surface area contributed by atoms with Crippen molar-refractivity contribution in [1.29, 1.82) is 0 Å². The first-order valence-corrected chi connectivity index (χ1v) is 8.14. The molecule has 0 atom stereocenters. The van der Waals surface area contributed by atoms with Gasteiger partial charge in [0, 0.05) is 5.56 Å². The highest BCUT2D eigenvalue weighted by molar-refractivity contribution is 6.00. The van der Waals surface area contributed by atoms with Gasteiger partial charge in [0.2, 0.25) is 0 Å². The molecule has 0 spiro atoms. The van der Waals surface area contributed by atoms with Gasteiger partial charge in [-0.15, -0.1) is 5.10 Å². The number of ether oxygens (including phenoxy) is 1. The predicted octanol–water partition coefficient (Wildman–Crippen LogP) is 1.31. The number of carbonyl (C=O) groups is 2. The Hall–Kier alpha value is -3.72. The smallest absolute Gasteiger partial charge is 0.274 e. The van der Waals surface area contributed by atoms with Crippen LogP contribution < -0.4 is 15.1 Å². The zero-order valence-electron chi connectivity index (χ0n) is 14.1. The number of aromatic nitrogens is 3. The van der Waals surface area contributed by atoms with Gasteiger partial charge in [-0.3, -0.25) is 19.7 Å². The molecule has 9 nitrogen and oxygen atoms in total. The van der Waals surface area contributed by atoms with Crippen molar-refractivity contribution in [2.24, 2.45) is 0 Å². The van der Waals surface area contributed by atoms with Gasteiger partial charge in [0.1, 0.15) is 11.4 Å². The molecule has 2 amide bonds. The van der Waals surface area contributed by atoms with Gasteiger partial charge in [-0.2, -0.15) is 0 Å². The number of hydrogen-bond donors (Lipinski definition) is 2. The second kappa shape index (κ2) is 6.89. The molecule has 0 saturated carbocycles. The van der Waals surface area contributed by atoms with Gasteiger partial charge in [-0.05, 0) is 30.3 Å². The second-order valence-corrected chi connectivity index (χ2v) is 5.88. The van der Waals surface area contributed by atoms with Crippen molar-refractivity contribution in [3.63, 3.8) is 0 Å². The van der Waals surface area contributed by atoms with Crippen molar-refractivity contribution < 1.29 is 19.5 Å². The maximum Gasteiger partial charge on any atom is 0.274 e. The van der Waals surface area contributed by atoms with E-state index in [0.29, 0.717) is 17.1 Å². The molecule has 0 aliphatic carbocycles. The lowest BCUT2D eigenvalue weighted by Gasteiger charge is -2.29. The van der Waals surface area contributed by atoms with E-state index in [1.165, 1.54) is 17.0 Å². The molecule has 0 saturated heterocycles. The van der Waals surface area contributed by atoms with Gasteiger partial charge >= 0.3 is 0 Å². The van der Waals surface area contributed by atoms with E-state index < -0.39 is 5.91 Å². The van der Waals surface area contributed by atoms with Crippen molar-refractivity contribution in [3.8, 4) is 11.4 Å². The van der Waals surface area contributed by atoms with Crippen LogP contribution in [0, 0.1) is 0 Å². The monoisotopic (exact) mass is 365 g/mol. The summed E-state index contributed by atoms with van der Waals surface area (Å²) in [4.78, 5) is 25.5. The number of anilines is 1. The lowest BCUT2D eigenvalue weighted by Crippen LogP contribution is -2.38. The summed E-state index contributed by atoms with van der Waals surface area (Å²) in [5.74, 6) is -0.469. The Kier molecular flexibility index (Phi) is 4.27. The molecule has 9 heteroatoms. The van der Waals surface area contributed by atoms with Crippen molar-refractivity contribution in [2.75, 3.05) is 11.5 Å². The molecule has 27 heavy (non-hydrogen) atoms. The number of carbonyl (C=O) groups excluding carboxylic acids is 2. The molecule has 2 N–H and O–H groups in total. The number of para-hydroxylation sites is 1. The molecule has 1 aromatic heterocycles. The molecule has 1 aliphatic rings. The summed E-state index contributed by atoms with van der Waals surface area (Å²) in [7, 11) is 0. The highest BCUT2D eigenvalue weighted by Crippen LogP contribution is 2.33. The highest BCUT2D eigenvalue weighted by atomic mass is 16.5. The van der Waals surface area contributed by atoms with E-state index in [9.17, 15) is 9.59 Å². The molecular formula is C18H15N5O4. The predicted molar refractivity (Wildman–Crippen MR) is 93.7 cm³/mol. The van der Waals surface area contributed by atoms with Crippen LogP contribution in [0.3, 0.4) is 0 Å². The zero-order chi connectivity index (χ0) is 18.8. The van der Waals surface area contributed by atoms with E-state index in [0.717, 1.165) is 5.69 Å². The number of amides is 2. The van der Waals surface area contributed by atoms with Crippen LogP contribution in [-0.4, -0.2) is 38.6 Å². The summed E-state index contributed by atoms with van der Waals surface area (Å²) >= 11 is 0. The quantitative estimate of drug-likeness (QED) is 0.533. The average Bonchev–Trinajstić information content (AvgIpc) is 3.18. The molecule has 1 aliphatic heterocycles. The third-order valence-corrected chi connectivity index (χ3v) is 4.15. The minimum atomic E-state index is -0.675. The van der Waals surface area contributed by atoms with Crippen LogP contribution in [0.15, 0.2) is 54.7 Å². The van der Waals surface area contributed by atoms with Gasteiger partial charge in [0.15, 0.2) is 6.61 Å². The minimum absolute atomic E-state index is 0.106. The van der Waals surface area contributed by atoms with Gasteiger partial charge in [-0.1, -0.05) is 23.4 Å². The largest absolute Gasteiger partial charge is 0.482 e. The number of hydrogen-bond acceptors (Lipinski definition) is 6. The van der Waals surface area contributed by atoms with Crippen molar-refractivity contribution in [2.45, 2.75) is 6.54 Å². The first-order chi connectivity index (χ1) is 13.2. The molecule has 4 rings (SSSR count). The molecule has 2 heterocycles. The Balaban J connectivity index is 1.64. The summed E-state index contributed by atoms with van der Waals surface area (Å²) in [5, 5.41) is 17.0. The van der Waals surface area contributed by atoms with Gasteiger partial charge in [0.25, 0.3) is 11.8 Å². The number of benzene rings is 2. The van der Waals surface area contributed by atoms with Crippen LogP contribution >= 0.6 is 0 Å². The summed E-state index contributed by atoms with van der Waals surface area (Å²) in [6.07, 6.45) is 1.74. The number of rotatable bonds is 4. The SMILES string of the molecule is O=C(NO)c1ccc2c(c1)N(Cc1cn(-c3ccccc3)nn1)C(=O)CO2. The molecule has 0 radical (unpaired) electrons. The fraction of sp³-hybridized carbons (Fsp3) is 0.111. The molecule has 0 unspecified atom stereocenters. The van der Waals surface area contributed by atoms with E-state index >= 15 is 0 Å². The topological polar surface area (TPSA) is 110 Å². The highest BCUT2D eigenvalue weighted by Gasteiger charge is 2.27. The van der Waals surface area contributed by atoms with Crippen LogP contribution in [-0.2, 0) is 11.3 Å².